The second-order valence-corrected chi connectivity index (χ2v) is 6.62. The maximum Gasteiger partial charge on any atom is 0.150 e. The second kappa shape index (κ2) is 4.55. The predicted octanol–water partition coefficient (Wildman–Crippen LogP) is 1.57. The maximum absolute atomic E-state index is 13.4. The summed E-state index contributed by atoms with van der Waals surface area (Å²) >= 11 is 0. The first-order valence-electron chi connectivity index (χ1n) is 5.33. The van der Waals surface area contributed by atoms with Crippen LogP contribution in [-0.4, -0.2) is 25.0 Å². The summed E-state index contributed by atoms with van der Waals surface area (Å²) in [6.45, 7) is 0. The van der Waals surface area contributed by atoms with E-state index in [0.29, 0.717) is 12.1 Å². The fourth-order valence-electron chi connectivity index (χ4n) is 2.14. The first-order chi connectivity index (χ1) is 8.30. The van der Waals surface area contributed by atoms with Gasteiger partial charge < -0.3 is 5.11 Å². The number of sulfone groups is 1. The van der Waals surface area contributed by atoms with Crippen LogP contribution in [-0.2, 0) is 9.84 Å². The largest absolute Gasteiger partial charge is 0.388 e. The van der Waals surface area contributed by atoms with E-state index in [-0.39, 0.29) is 17.9 Å². The number of benzene rings is 1. The molecule has 18 heavy (non-hydrogen) atoms. The molecule has 2 atom stereocenters. The number of hydrogen-bond donors (Lipinski definition) is 1. The van der Waals surface area contributed by atoms with E-state index in [4.69, 9.17) is 0 Å². The van der Waals surface area contributed by atoms with Gasteiger partial charge in [0.25, 0.3) is 0 Å². The Morgan fingerprint density at radius 3 is 2.22 bits per heavy atom. The molecule has 0 aliphatic carbocycles. The molecule has 1 aromatic carbocycles. The van der Waals surface area contributed by atoms with Crippen molar-refractivity contribution in [2.75, 3.05) is 11.5 Å². The Labute approximate surface area is 102 Å². The highest BCUT2D eigenvalue weighted by molar-refractivity contribution is 7.91. The van der Waals surface area contributed by atoms with Crippen molar-refractivity contribution in [3.8, 4) is 0 Å². The van der Waals surface area contributed by atoms with Gasteiger partial charge in [-0.15, -0.1) is 0 Å². The molecular formula is C11H11F3O3S. The smallest absolute Gasteiger partial charge is 0.150 e. The number of halogens is 3. The number of hydrogen-bond acceptors (Lipinski definition) is 3. The van der Waals surface area contributed by atoms with Crippen molar-refractivity contribution in [1.29, 1.82) is 0 Å². The molecule has 1 saturated heterocycles. The van der Waals surface area contributed by atoms with Gasteiger partial charge in [0.1, 0.15) is 17.5 Å². The normalized spacial score (nSPS) is 24.1. The van der Waals surface area contributed by atoms with Crippen molar-refractivity contribution in [2.24, 2.45) is 5.92 Å². The zero-order valence-corrected chi connectivity index (χ0v) is 10.1. The van der Waals surface area contributed by atoms with Crippen LogP contribution in [0.1, 0.15) is 18.1 Å². The van der Waals surface area contributed by atoms with Gasteiger partial charge in [-0.1, -0.05) is 0 Å². The molecule has 1 aromatic rings. The molecule has 0 amide bonds. The van der Waals surface area contributed by atoms with Gasteiger partial charge in [-0.2, -0.15) is 0 Å². The van der Waals surface area contributed by atoms with Crippen LogP contribution >= 0.6 is 0 Å². The Morgan fingerprint density at radius 2 is 1.78 bits per heavy atom. The quantitative estimate of drug-likeness (QED) is 0.894. The predicted molar refractivity (Wildman–Crippen MR) is 58.0 cm³/mol. The topological polar surface area (TPSA) is 54.4 Å². The van der Waals surface area contributed by atoms with Gasteiger partial charge in [0, 0.05) is 18.1 Å². The number of aliphatic hydroxyl groups excluding tert-OH is 1. The zero-order valence-electron chi connectivity index (χ0n) is 9.24. The average molecular weight is 280 g/mol. The van der Waals surface area contributed by atoms with Gasteiger partial charge in [0.2, 0.25) is 0 Å². The molecule has 1 aliphatic heterocycles. The molecule has 1 aliphatic rings. The molecule has 7 heteroatoms. The lowest BCUT2D eigenvalue weighted by atomic mass is 9.94. The van der Waals surface area contributed by atoms with E-state index in [1.54, 1.807) is 0 Å². The second-order valence-electron chi connectivity index (χ2n) is 4.39. The molecule has 0 aromatic heterocycles. The fourth-order valence-corrected chi connectivity index (χ4v) is 3.97. The third-order valence-corrected chi connectivity index (χ3v) is 4.85. The Morgan fingerprint density at radius 1 is 1.22 bits per heavy atom. The van der Waals surface area contributed by atoms with Crippen molar-refractivity contribution in [2.45, 2.75) is 12.5 Å². The summed E-state index contributed by atoms with van der Waals surface area (Å²) in [4.78, 5) is 0. The third kappa shape index (κ3) is 2.51. The molecule has 2 rings (SSSR count). The lowest BCUT2D eigenvalue weighted by Gasteiger charge is -2.18. The van der Waals surface area contributed by atoms with Crippen LogP contribution in [0.15, 0.2) is 12.1 Å². The molecule has 3 nitrogen and oxygen atoms in total. The van der Waals surface area contributed by atoms with E-state index in [1.807, 2.05) is 0 Å². The first-order valence-corrected chi connectivity index (χ1v) is 7.15. The summed E-state index contributed by atoms with van der Waals surface area (Å²) < 4.78 is 62.0. The van der Waals surface area contributed by atoms with Gasteiger partial charge in [-0.05, 0) is 6.42 Å². The standard InChI is InChI=1S/C11H11F3O3S/c12-7-3-8(13)10(9(14)4-7)11(15)6-1-2-18(16,17)5-6/h3-4,6,11,15H,1-2,5H2. The summed E-state index contributed by atoms with van der Waals surface area (Å²) in [7, 11) is -3.26. The van der Waals surface area contributed by atoms with Crippen LogP contribution < -0.4 is 0 Å². The van der Waals surface area contributed by atoms with Crippen LogP contribution in [0.25, 0.3) is 0 Å². The Balaban J connectivity index is 2.33. The van der Waals surface area contributed by atoms with Gasteiger partial charge in [0.05, 0.1) is 23.2 Å². The molecule has 1 fully saturated rings. The summed E-state index contributed by atoms with van der Waals surface area (Å²) in [5, 5.41) is 9.84. The first kappa shape index (κ1) is 13.4. The molecule has 2 unspecified atom stereocenters. The summed E-state index contributed by atoms with van der Waals surface area (Å²) in [5.74, 6) is -4.68. The molecule has 1 heterocycles. The highest BCUT2D eigenvalue weighted by Crippen LogP contribution is 2.34. The van der Waals surface area contributed by atoms with Gasteiger partial charge in [-0.3, -0.25) is 0 Å². The van der Waals surface area contributed by atoms with Crippen molar-refractivity contribution in [3.63, 3.8) is 0 Å². The zero-order chi connectivity index (χ0) is 13.5. The minimum atomic E-state index is -3.26. The van der Waals surface area contributed by atoms with Crippen molar-refractivity contribution < 1.29 is 26.7 Å². The highest BCUT2D eigenvalue weighted by Gasteiger charge is 2.36. The fraction of sp³-hybridized carbons (Fsp3) is 0.455. The van der Waals surface area contributed by atoms with E-state index in [1.165, 1.54) is 0 Å². The minimum Gasteiger partial charge on any atom is -0.388 e. The van der Waals surface area contributed by atoms with Crippen molar-refractivity contribution in [3.05, 3.63) is 35.1 Å². The van der Waals surface area contributed by atoms with Gasteiger partial charge in [0.15, 0.2) is 9.84 Å². The lowest BCUT2D eigenvalue weighted by Crippen LogP contribution is -2.17. The number of aliphatic hydroxyl groups is 1. The molecule has 0 bridgehead atoms. The van der Waals surface area contributed by atoms with Crippen molar-refractivity contribution >= 4 is 9.84 Å². The Hall–Kier alpha value is -1.08. The lowest BCUT2D eigenvalue weighted by molar-refractivity contribution is 0.112. The third-order valence-electron chi connectivity index (χ3n) is 3.05. The molecule has 0 spiro atoms. The average Bonchev–Trinajstić information content (AvgIpc) is 2.57. The van der Waals surface area contributed by atoms with Crippen LogP contribution in [0.5, 0.6) is 0 Å². The van der Waals surface area contributed by atoms with Crippen LogP contribution in [0.2, 0.25) is 0 Å². The number of rotatable bonds is 2. The van der Waals surface area contributed by atoms with E-state index >= 15 is 0 Å². The SMILES string of the molecule is O=S1(=O)CCC(C(O)c2c(F)cc(F)cc2F)C1. The Kier molecular flexibility index (Phi) is 3.37. The van der Waals surface area contributed by atoms with E-state index < -0.39 is 44.9 Å². The molecule has 0 saturated carbocycles. The van der Waals surface area contributed by atoms with Crippen LogP contribution in [0.3, 0.4) is 0 Å². The molecular weight excluding hydrogens is 269 g/mol. The van der Waals surface area contributed by atoms with Crippen LogP contribution in [0, 0.1) is 23.4 Å². The molecule has 100 valence electrons. The molecule has 1 N–H and O–H groups in total. The maximum atomic E-state index is 13.4. The van der Waals surface area contributed by atoms with Gasteiger partial charge >= 0.3 is 0 Å². The minimum absolute atomic E-state index is 0.112. The van der Waals surface area contributed by atoms with E-state index in [9.17, 15) is 26.7 Å². The van der Waals surface area contributed by atoms with Gasteiger partial charge in [-0.25, -0.2) is 21.6 Å². The summed E-state index contributed by atoms with van der Waals surface area (Å²) in [5.41, 5.74) is -0.668. The van der Waals surface area contributed by atoms with Crippen molar-refractivity contribution in [1.82, 2.24) is 0 Å². The summed E-state index contributed by atoms with van der Waals surface area (Å²) in [6.07, 6.45) is -1.44. The monoisotopic (exact) mass is 280 g/mol. The van der Waals surface area contributed by atoms with E-state index in [2.05, 4.69) is 0 Å². The highest BCUT2D eigenvalue weighted by atomic mass is 32.2. The Bertz CT molecular complexity index is 548. The molecule has 0 radical (unpaired) electrons. The van der Waals surface area contributed by atoms with E-state index in [0.717, 1.165) is 0 Å². The summed E-state index contributed by atoms with van der Waals surface area (Å²) in [6, 6.07) is 0.927. The van der Waals surface area contributed by atoms with Crippen LogP contribution in [0.4, 0.5) is 13.2 Å².